The van der Waals surface area contributed by atoms with Crippen LogP contribution in [0.5, 0.6) is 0 Å². The maximum Gasteiger partial charge on any atom is 0.338 e. The fourth-order valence-electron chi connectivity index (χ4n) is 2.79. The number of benzene rings is 3. The smallest absolute Gasteiger partial charge is 0.338 e. The van der Waals surface area contributed by atoms with E-state index in [0.717, 1.165) is 27.5 Å². The molecule has 0 spiro atoms. The lowest BCUT2D eigenvalue weighted by atomic mass is 10.1. The lowest BCUT2D eigenvalue weighted by Crippen LogP contribution is -2.01. The van der Waals surface area contributed by atoms with E-state index in [9.17, 15) is 4.79 Å². The highest BCUT2D eigenvalue weighted by Gasteiger charge is 2.09. The molecule has 0 saturated carbocycles. The molecule has 0 aliphatic rings. The van der Waals surface area contributed by atoms with E-state index in [-0.39, 0.29) is 5.63 Å². The van der Waals surface area contributed by atoms with Crippen LogP contribution in [0.15, 0.2) is 75.9 Å². The highest BCUT2D eigenvalue weighted by molar-refractivity contribution is 6.08. The molecular formula is C20H15NO2. The van der Waals surface area contributed by atoms with Gasteiger partial charge in [0.15, 0.2) is 0 Å². The van der Waals surface area contributed by atoms with Gasteiger partial charge in [-0.2, -0.15) is 0 Å². The number of anilines is 2. The van der Waals surface area contributed by atoms with Gasteiger partial charge < -0.3 is 9.73 Å². The third-order valence-corrected chi connectivity index (χ3v) is 3.97. The summed E-state index contributed by atoms with van der Waals surface area (Å²) in [5, 5.41) is 6.20. The van der Waals surface area contributed by atoms with Gasteiger partial charge in [-0.1, -0.05) is 48.0 Å². The molecule has 23 heavy (non-hydrogen) atoms. The number of hydrogen-bond donors (Lipinski definition) is 1. The Morgan fingerprint density at radius 3 is 2.48 bits per heavy atom. The van der Waals surface area contributed by atoms with Crippen LogP contribution in [0.4, 0.5) is 11.4 Å². The van der Waals surface area contributed by atoms with Crippen molar-refractivity contribution in [3.05, 3.63) is 82.7 Å². The second-order valence-corrected chi connectivity index (χ2v) is 5.63. The van der Waals surface area contributed by atoms with Crippen LogP contribution in [-0.2, 0) is 0 Å². The van der Waals surface area contributed by atoms with E-state index in [0.29, 0.717) is 5.58 Å². The average Bonchev–Trinajstić information content (AvgIpc) is 2.57. The summed E-state index contributed by atoms with van der Waals surface area (Å²) in [6.07, 6.45) is 0. The summed E-state index contributed by atoms with van der Waals surface area (Å²) >= 11 is 0. The van der Waals surface area contributed by atoms with E-state index in [1.165, 1.54) is 11.6 Å². The number of nitrogens with one attached hydrogen (secondary N) is 1. The van der Waals surface area contributed by atoms with Crippen molar-refractivity contribution in [1.82, 2.24) is 0 Å². The molecule has 0 unspecified atom stereocenters. The molecule has 0 aliphatic carbocycles. The Bertz CT molecular complexity index is 1060. The third kappa shape index (κ3) is 2.46. The van der Waals surface area contributed by atoms with Crippen LogP contribution < -0.4 is 10.9 Å². The zero-order valence-electron chi connectivity index (χ0n) is 12.7. The monoisotopic (exact) mass is 301 g/mol. The first-order valence-electron chi connectivity index (χ1n) is 7.50. The maximum atomic E-state index is 12.0. The number of fused-ring (bicyclic) bond motifs is 3. The van der Waals surface area contributed by atoms with Gasteiger partial charge in [-0.25, -0.2) is 4.79 Å². The molecule has 112 valence electrons. The molecule has 0 amide bonds. The van der Waals surface area contributed by atoms with Gasteiger partial charge in [0.2, 0.25) is 0 Å². The Morgan fingerprint density at radius 2 is 1.65 bits per heavy atom. The lowest BCUT2D eigenvalue weighted by molar-refractivity contribution is 0.565. The Labute approximate surface area is 133 Å². The summed E-state index contributed by atoms with van der Waals surface area (Å²) in [6.45, 7) is 2.04. The van der Waals surface area contributed by atoms with Crippen LogP contribution in [0, 0.1) is 6.92 Å². The average molecular weight is 301 g/mol. The van der Waals surface area contributed by atoms with E-state index >= 15 is 0 Å². The molecule has 4 aromatic rings. The van der Waals surface area contributed by atoms with Gasteiger partial charge in [-0.3, -0.25) is 0 Å². The summed E-state index contributed by atoms with van der Waals surface area (Å²) in [4.78, 5) is 12.0. The third-order valence-electron chi connectivity index (χ3n) is 3.97. The van der Waals surface area contributed by atoms with Crippen LogP contribution >= 0.6 is 0 Å². The van der Waals surface area contributed by atoms with Crippen molar-refractivity contribution in [2.24, 2.45) is 0 Å². The SMILES string of the molecule is Cc1ccc(Nc2cc(=O)oc3c2ccc2ccccc23)cc1. The summed E-state index contributed by atoms with van der Waals surface area (Å²) in [7, 11) is 0. The van der Waals surface area contributed by atoms with Gasteiger partial charge in [0.1, 0.15) is 5.58 Å². The minimum absolute atomic E-state index is 0.358. The fraction of sp³-hybridized carbons (Fsp3) is 0.0500. The van der Waals surface area contributed by atoms with Gasteiger partial charge in [-0.05, 0) is 30.5 Å². The van der Waals surface area contributed by atoms with E-state index in [4.69, 9.17) is 4.42 Å². The van der Waals surface area contributed by atoms with Gasteiger partial charge in [-0.15, -0.1) is 0 Å². The molecule has 3 aromatic carbocycles. The highest BCUT2D eigenvalue weighted by Crippen LogP contribution is 2.30. The van der Waals surface area contributed by atoms with Crippen LogP contribution in [0.2, 0.25) is 0 Å². The van der Waals surface area contributed by atoms with Crippen molar-refractivity contribution < 1.29 is 4.42 Å². The molecule has 0 bridgehead atoms. The number of hydrogen-bond acceptors (Lipinski definition) is 3. The molecule has 0 atom stereocenters. The highest BCUT2D eigenvalue weighted by atomic mass is 16.4. The summed E-state index contributed by atoms with van der Waals surface area (Å²) in [5.74, 6) is 0. The molecule has 0 fully saturated rings. The molecule has 1 aromatic heterocycles. The Kier molecular flexibility index (Phi) is 3.12. The maximum absolute atomic E-state index is 12.0. The van der Waals surface area contributed by atoms with E-state index in [1.54, 1.807) is 0 Å². The molecule has 1 heterocycles. The predicted octanol–water partition coefficient (Wildman–Crippen LogP) is 5.00. The van der Waals surface area contributed by atoms with Crippen LogP contribution in [0.1, 0.15) is 5.56 Å². The normalized spacial score (nSPS) is 11.0. The lowest BCUT2D eigenvalue weighted by Gasteiger charge is -2.10. The summed E-state index contributed by atoms with van der Waals surface area (Å²) in [5.41, 5.74) is 3.15. The second kappa shape index (κ2) is 5.29. The number of aryl methyl sites for hydroxylation is 1. The minimum Gasteiger partial charge on any atom is -0.422 e. The first-order chi connectivity index (χ1) is 11.2. The zero-order chi connectivity index (χ0) is 15.8. The van der Waals surface area contributed by atoms with Crippen LogP contribution in [0.25, 0.3) is 21.7 Å². The topological polar surface area (TPSA) is 42.2 Å². The van der Waals surface area contributed by atoms with E-state index in [2.05, 4.69) is 5.32 Å². The Morgan fingerprint density at radius 1 is 0.870 bits per heavy atom. The van der Waals surface area contributed by atoms with Crippen LogP contribution in [0.3, 0.4) is 0 Å². The quantitative estimate of drug-likeness (QED) is 0.418. The van der Waals surface area contributed by atoms with E-state index in [1.807, 2.05) is 67.6 Å². The minimum atomic E-state index is -0.358. The largest absolute Gasteiger partial charge is 0.422 e. The van der Waals surface area contributed by atoms with Crippen LogP contribution in [-0.4, -0.2) is 0 Å². The Balaban J connectivity index is 1.94. The van der Waals surface area contributed by atoms with Crippen molar-refractivity contribution in [2.75, 3.05) is 5.32 Å². The van der Waals surface area contributed by atoms with Crippen molar-refractivity contribution in [3.63, 3.8) is 0 Å². The molecule has 3 heteroatoms. The molecule has 0 aliphatic heterocycles. The molecule has 4 rings (SSSR count). The van der Waals surface area contributed by atoms with Gasteiger partial charge >= 0.3 is 5.63 Å². The summed E-state index contributed by atoms with van der Waals surface area (Å²) < 4.78 is 5.48. The molecule has 3 nitrogen and oxygen atoms in total. The standard InChI is InChI=1S/C20H15NO2/c1-13-6-9-15(10-7-13)21-18-12-19(22)23-20-16-5-3-2-4-14(16)8-11-17(18)20/h2-12,21H,1H3. The Hall–Kier alpha value is -3.07. The van der Waals surface area contributed by atoms with Crippen molar-refractivity contribution in [3.8, 4) is 0 Å². The number of rotatable bonds is 2. The van der Waals surface area contributed by atoms with E-state index < -0.39 is 0 Å². The summed E-state index contributed by atoms with van der Waals surface area (Å²) in [6, 6.07) is 21.5. The molecule has 1 N–H and O–H groups in total. The van der Waals surface area contributed by atoms with Gasteiger partial charge in [0.05, 0.1) is 5.69 Å². The van der Waals surface area contributed by atoms with Crippen molar-refractivity contribution in [1.29, 1.82) is 0 Å². The molecule has 0 saturated heterocycles. The molecule has 0 radical (unpaired) electrons. The van der Waals surface area contributed by atoms with Gasteiger partial charge in [0, 0.05) is 22.5 Å². The first kappa shape index (κ1) is 13.6. The van der Waals surface area contributed by atoms with Gasteiger partial charge in [0.25, 0.3) is 0 Å². The zero-order valence-corrected chi connectivity index (χ0v) is 12.7. The van der Waals surface area contributed by atoms with Crippen molar-refractivity contribution >= 4 is 33.1 Å². The molecular weight excluding hydrogens is 286 g/mol. The fourth-order valence-corrected chi connectivity index (χ4v) is 2.79. The predicted molar refractivity (Wildman–Crippen MR) is 94.5 cm³/mol. The first-order valence-corrected chi connectivity index (χ1v) is 7.50. The second-order valence-electron chi connectivity index (χ2n) is 5.63. The van der Waals surface area contributed by atoms with Crippen molar-refractivity contribution in [2.45, 2.75) is 6.92 Å².